The number of nitrogens with one attached hydrogen (secondary N) is 1. The summed E-state index contributed by atoms with van der Waals surface area (Å²) in [6, 6.07) is 9.92. The molecule has 1 fully saturated rings. The van der Waals surface area contributed by atoms with Crippen molar-refractivity contribution in [2.75, 3.05) is 24.5 Å². The monoisotopic (exact) mass is 338 g/mol. The number of aromatic amines is 1. The molecule has 1 amide bonds. The lowest BCUT2D eigenvalue weighted by Crippen LogP contribution is -2.46. The van der Waals surface area contributed by atoms with E-state index in [9.17, 15) is 9.59 Å². The predicted molar refractivity (Wildman–Crippen MR) is 95.4 cm³/mol. The third kappa shape index (κ3) is 3.29. The molecule has 1 aromatic carbocycles. The zero-order valence-corrected chi connectivity index (χ0v) is 14.1. The molecule has 6 heteroatoms. The van der Waals surface area contributed by atoms with Gasteiger partial charge in [-0.2, -0.15) is 5.10 Å². The van der Waals surface area contributed by atoms with Crippen molar-refractivity contribution in [3.8, 4) is 0 Å². The fourth-order valence-electron chi connectivity index (χ4n) is 3.89. The number of H-pyrrole nitrogens is 1. The van der Waals surface area contributed by atoms with Crippen LogP contribution < -0.4 is 10.5 Å². The summed E-state index contributed by atoms with van der Waals surface area (Å²) in [5.74, 6) is 0.218. The number of hydrogen-bond acceptors (Lipinski definition) is 4. The topological polar surface area (TPSA) is 69.3 Å². The molecular formula is C19H22N4O2. The number of amides is 1. The highest BCUT2D eigenvalue weighted by atomic mass is 16.2. The zero-order valence-electron chi connectivity index (χ0n) is 14.1. The number of nitrogens with zero attached hydrogens (tertiary/aromatic N) is 3. The fraction of sp³-hybridized carbons (Fsp3) is 0.421. The van der Waals surface area contributed by atoms with E-state index in [4.69, 9.17) is 0 Å². The van der Waals surface area contributed by atoms with E-state index in [2.05, 4.69) is 33.3 Å². The van der Waals surface area contributed by atoms with Crippen molar-refractivity contribution in [1.82, 2.24) is 15.1 Å². The summed E-state index contributed by atoms with van der Waals surface area (Å²) >= 11 is 0. The van der Waals surface area contributed by atoms with Gasteiger partial charge in [0.1, 0.15) is 0 Å². The van der Waals surface area contributed by atoms with Crippen LogP contribution in [0.25, 0.3) is 0 Å². The summed E-state index contributed by atoms with van der Waals surface area (Å²) < 4.78 is 0. The molecule has 4 rings (SSSR count). The minimum Gasteiger partial charge on any atom is -0.369 e. The molecule has 1 unspecified atom stereocenters. The summed E-state index contributed by atoms with van der Waals surface area (Å²) in [5.41, 5.74) is 3.20. The molecule has 3 heterocycles. The predicted octanol–water partition coefficient (Wildman–Crippen LogP) is 1.57. The van der Waals surface area contributed by atoms with Crippen LogP contribution in [-0.4, -0.2) is 40.6 Å². The van der Waals surface area contributed by atoms with Crippen LogP contribution in [0.5, 0.6) is 0 Å². The third-order valence-corrected chi connectivity index (χ3v) is 5.23. The van der Waals surface area contributed by atoms with Gasteiger partial charge in [-0.15, -0.1) is 0 Å². The van der Waals surface area contributed by atoms with Crippen molar-refractivity contribution in [1.29, 1.82) is 0 Å². The van der Waals surface area contributed by atoms with Crippen LogP contribution >= 0.6 is 0 Å². The maximum Gasteiger partial charge on any atom is 0.266 e. The Morgan fingerprint density at radius 2 is 2.04 bits per heavy atom. The van der Waals surface area contributed by atoms with E-state index in [1.54, 1.807) is 12.3 Å². The minimum atomic E-state index is -0.210. The first-order valence-electron chi connectivity index (χ1n) is 8.86. The van der Waals surface area contributed by atoms with Gasteiger partial charge in [-0.1, -0.05) is 24.3 Å². The largest absolute Gasteiger partial charge is 0.369 e. The molecule has 2 aliphatic rings. The number of hydrogen-bond donors (Lipinski definition) is 1. The Balaban J connectivity index is 1.46. The van der Waals surface area contributed by atoms with Crippen LogP contribution in [0.15, 0.2) is 41.3 Å². The third-order valence-electron chi connectivity index (χ3n) is 5.23. The summed E-state index contributed by atoms with van der Waals surface area (Å²) in [4.78, 5) is 28.6. The van der Waals surface area contributed by atoms with Gasteiger partial charge in [0.05, 0.1) is 17.8 Å². The molecule has 1 saturated heterocycles. The molecule has 2 aliphatic heterocycles. The molecule has 1 atom stereocenters. The molecule has 2 aromatic rings. The quantitative estimate of drug-likeness (QED) is 0.902. The number of rotatable bonds is 2. The molecule has 25 heavy (non-hydrogen) atoms. The van der Waals surface area contributed by atoms with Crippen molar-refractivity contribution in [2.45, 2.75) is 25.8 Å². The van der Waals surface area contributed by atoms with E-state index in [1.807, 2.05) is 11.0 Å². The average molecular weight is 338 g/mol. The number of benzene rings is 1. The summed E-state index contributed by atoms with van der Waals surface area (Å²) in [5, 5.41) is 6.27. The van der Waals surface area contributed by atoms with Gasteiger partial charge in [0.2, 0.25) is 5.91 Å². The van der Waals surface area contributed by atoms with Gasteiger partial charge in [0.15, 0.2) is 0 Å². The van der Waals surface area contributed by atoms with Crippen LogP contribution in [0, 0.1) is 5.92 Å². The van der Waals surface area contributed by atoms with E-state index >= 15 is 0 Å². The molecule has 1 N–H and O–H groups in total. The lowest BCUT2D eigenvalue weighted by atomic mass is 9.93. The lowest BCUT2D eigenvalue weighted by Gasteiger charge is -2.37. The fourth-order valence-corrected chi connectivity index (χ4v) is 3.89. The zero-order chi connectivity index (χ0) is 17.2. The number of piperidine rings is 1. The van der Waals surface area contributed by atoms with E-state index in [1.165, 1.54) is 11.1 Å². The Labute approximate surface area is 146 Å². The van der Waals surface area contributed by atoms with E-state index in [-0.39, 0.29) is 17.4 Å². The second-order valence-corrected chi connectivity index (χ2v) is 6.87. The van der Waals surface area contributed by atoms with Crippen molar-refractivity contribution >= 4 is 11.6 Å². The summed E-state index contributed by atoms with van der Waals surface area (Å²) in [6.45, 7) is 3.01. The standard InChI is InChI=1S/C19H22N4O2/c24-18-10-17(11-20-21-18)22-8-3-6-16(13-22)19(25)23-9-7-14-4-1-2-5-15(14)12-23/h1-2,4-5,10-11,16H,3,6-9,12-13H2,(H,21,24). The number of aromatic nitrogens is 2. The minimum absolute atomic E-state index is 0.0155. The number of fused-ring (bicyclic) bond motifs is 1. The molecule has 6 nitrogen and oxygen atoms in total. The van der Waals surface area contributed by atoms with E-state index < -0.39 is 0 Å². The maximum atomic E-state index is 13.0. The number of carbonyl (C=O) groups excluding carboxylic acids is 1. The van der Waals surface area contributed by atoms with Gasteiger partial charge in [0.25, 0.3) is 5.56 Å². The second-order valence-electron chi connectivity index (χ2n) is 6.87. The van der Waals surface area contributed by atoms with Gasteiger partial charge in [-0.05, 0) is 30.4 Å². The second kappa shape index (κ2) is 6.70. The first kappa shape index (κ1) is 15.9. The van der Waals surface area contributed by atoms with Crippen molar-refractivity contribution < 1.29 is 4.79 Å². The molecule has 0 radical (unpaired) electrons. The highest BCUT2D eigenvalue weighted by Gasteiger charge is 2.31. The Hall–Kier alpha value is -2.63. The first-order valence-corrected chi connectivity index (χ1v) is 8.86. The number of anilines is 1. The Morgan fingerprint density at radius 3 is 2.88 bits per heavy atom. The first-order chi connectivity index (χ1) is 12.2. The van der Waals surface area contributed by atoms with Crippen molar-refractivity contribution in [3.05, 3.63) is 58.0 Å². The van der Waals surface area contributed by atoms with Crippen molar-refractivity contribution in [2.24, 2.45) is 5.92 Å². The molecule has 1 aromatic heterocycles. The van der Waals surface area contributed by atoms with Crippen LogP contribution in [0.3, 0.4) is 0 Å². The molecule has 0 aliphatic carbocycles. The van der Waals surface area contributed by atoms with Crippen molar-refractivity contribution in [3.63, 3.8) is 0 Å². The van der Waals surface area contributed by atoms with Crippen LogP contribution in [0.1, 0.15) is 24.0 Å². The van der Waals surface area contributed by atoms with Gasteiger partial charge in [-0.25, -0.2) is 5.10 Å². The molecule has 0 bridgehead atoms. The van der Waals surface area contributed by atoms with Gasteiger partial charge in [0, 0.05) is 32.2 Å². The molecular weight excluding hydrogens is 316 g/mol. The SMILES string of the molecule is O=C(C1CCCN(c2cn[nH]c(=O)c2)C1)N1CCc2ccccc2C1. The molecule has 0 spiro atoms. The summed E-state index contributed by atoms with van der Waals surface area (Å²) in [7, 11) is 0. The smallest absolute Gasteiger partial charge is 0.266 e. The van der Waals surface area contributed by atoms with Gasteiger partial charge in [-0.3, -0.25) is 9.59 Å². The Morgan fingerprint density at radius 1 is 1.20 bits per heavy atom. The van der Waals surface area contributed by atoms with E-state index in [0.29, 0.717) is 13.1 Å². The molecule has 0 saturated carbocycles. The molecule has 130 valence electrons. The van der Waals surface area contributed by atoms with E-state index in [0.717, 1.165) is 38.0 Å². The maximum absolute atomic E-state index is 13.0. The van der Waals surface area contributed by atoms with Gasteiger partial charge >= 0.3 is 0 Å². The van der Waals surface area contributed by atoms with Crippen LogP contribution in [0.2, 0.25) is 0 Å². The average Bonchev–Trinajstić information content (AvgIpc) is 2.67. The highest BCUT2D eigenvalue weighted by Crippen LogP contribution is 2.26. The Kier molecular flexibility index (Phi) is 4.26. The lowest BCUT2D eigenvalue weighted by molar-refractivity contribution is -0.136. The normalized spacial score (nSPS) is 20.2. The number of carbonyl (C=O) groups is 1. The Bertz CT molecular complexity index is 832. The van der Waals surface area contributed by atoms with Crippen LogP contribution in [0.4, 0.5) is 5.69 Å². The summed E-state index contributed by atoms with van der Waals surface area (Å²) in [6.07, 6.45) is 4.44. The van der Waals surface area contributed by atoms with Gasteiger partial charge < -0.3 is 9.80 Å². The van der Waals surface area contributed by atoms with Crippen LogP contribution in [-0.2, 0) is 17.8 Å². The highest BCUT2D eigenvalue weighted by molar-refractivity contribution is 5.80.